The summed E-state index contributed by atoms with van der Waals surface area (Å²) in [6, 6.07) is 0.546. The van der Waals surface area contributed by atoms with Gasteiger partial charge >= 0.3 is 0 Å². The summed E-state index contributed by atoms with van der Waals surface area (Å²) < 4.78 is 5.90. The zero-order valence-electron chi connectivity index (χ0n) is 11.3. The molecule has 1 N–H and O–H groups in total. The fourth-order valence-corrected chi connectivity index (χ4v) is 3.11. The van der Waals surface area contributed by atoms with Crippen LogP contribution in [-0.2, 0) is 4.74 Å². The SMILES string of the molecule is CCCCCC(NC)C1(OC)CCCCC1. The van der Waals surface area contributed by atoms with E-state index in [9.17, 15) is 0 Å². The number of rotatable bonds is 7. The minimum Gasteiger partial charge on any atom is -0.377 e. The Morgan fingerprint density at radius 1 is 1.19 bits per heavy atom. The fourth-order valence-electron chi connectivity index (χ4n) is 3.11. The van der Waals surface area contributed by atoms with E-state index < -0.39 is 0 Å². The van der Waals surface area contributed by atoms with Crippen molar-refractivity contribution in [3.8, 4) is 0 Å². The minimum absolute atomic E-state index is 0.126. The van der Waals surface area contributed by atoms with Crippen LogP contribution in [0.25, 0.3) is 0 Å². The summed E-state index contributed by atoms with van der Waals surface area (Å²) in [7, 11) is 3.99. The van der Waals surface area contributed by atoms with Crippen molar-refractivity contribution in [2.45, 2.75) is 76.4 Å². The number of unbranched alkanes of at least 4 members (excludes halogenated alkanes) is 2. The molecular formula is C14H29NO. The van der Waals surface area contributed by atoms with Crippen LogP contribution in [0, 0.1) is 0 Å². The quantitative estimate of drug-likeness (QED) is 0.672. The van der Waals surface area contributed by atoms with Gasteiger partial charge in [0.1, 0.15) is 0 Å². The van der Waals surface area contributed by atoms with Gasteiger partial charge in [0.2, 0.25) is 0 Å². The Labute approximate surface area is 101 Å². The Kier molecular flexibility index (Phi) is 6.37. The highest BCUT2D eigenvalue weighted by Gasteiger charge is 2.38. The summed E-state index contributed by atoms with van der Waals surface area (Å²) in [6.45, 7) is 2.26. The molecule has 1 aliphatic carbocycles. The Hall–Kier alpha value is -0.0800. The maximum Gasteiger partial charge on any atom is 0.0830 e. The van der Waals surface area contributed by atoms with E-state index in [1.807, 2.05) is 7.11 Å². The van der Waals surface area contributed by atoms with E-state index in [2.05, 4.69) is 19.3 Å². The first-order chi connectivity index (χ1) is 7.79. The lowest BCUT2D eigenvalue weighted by molar-refractivity contribution is -0.0680. The van der Waals surface area contributed by atoms with Gasteiger partial charge in [-0.3, -0.25) is 0 Å². The molecule has 1 fully saturated rings. The smallest absolute Gasteiger partial charge is 0.0830 e. The third-order valence-corrected chi connectivity index (χ3v) is 4.19. The molecule has 1 aliphatic rings. The van der Waals surface area contributed by atoms with Crippen molar-refractivity contribution in [3.05, 3.63) is 0 Å². The van der Waals surface area contributed by atoms with Gasteiger partial charge in [-0.05, 0) is 26.3 Å². The summed E-state index contributed by atoms with van der Waals surface area (Å²) in [4.78, 5) is 0. The van der Waals surface area contributed by atoms with Gasteiger partial charge < -0.3 is 10.1 Å². The minimum atomic E-state index is 0.126. The molecule has 0 aromatic heterocycles. The number of methoxy groups -OCH3 is 1. The molecule has 0 aromatic rings. The predicted octanol–water partition coefficient (Wildman–Crippen LogP) is 3.50. The first-order valence-corrected chi connectivity index (χ1v) is 7.01. The molecule has 0 spiro atoms. The monoisotopic (exact) mass is 227 g/mol. The summed E-state index contributed by atoms with van der Waals surface area (Å²) >= 11 is 0. The summed E-state index contributed by atoms with van der Waals surface area (Å²) in [5.74, 6) is 0. The molecule has 1 atom stereocenters. The van der Waals surface area contributed by atoms with Crippen LogP contribution >= 0.6 is 0 Å². The summed E-state index contributed by atoms with van der Waals surface area (Å²) in [5.41, 5.74) is 0.126. The molecule has 2 heteroatoms. The highest BCUT2D eigenvalue weighted by molar-refractivity contribution is 4.94. The molecule has 0 amide bonds. The maximum atomic E-state index is 5.90. The van der Waals surface area contributed by atoms with E-state index in [0.29, 0.717) is 6.04 Å². The van der Waals surface area contributed by atoms with Gasteiger partial charge in [-0.1, -0.05) is 45.4 Å². The van der Waals surface area contributed by atoms with Crippen molar-refractivity contribution in [1.82, 2.24) is 5.32 Å². The molecular weight excluding hydrogens is 198 g/mol. The molecule has 0 bridgehead atoms. The lowest BCUT2D eigenvalue weighted by Crippen LogP contribution is -2.52. The second kappa shape index (κ2) is 7.29. The van der Waals surface area contributed by atoms with E-state index in [4.69, 9.17) is 4.74 Å². The topological polar surface area (TPSA) is 21.3 Å². The largest absolute Gasteiger partial charge is 0.377 e. The fraction of sp³-hybridized carbons (Fsp3) is 1.00. The predicted molar refractivity (Wildman–Crippen MR) is 69.8 cm³/mol. The Morgan fingerprint density at radius 3 is 2.38 bits per heavy atom. The van der Waals surface area contributed by atoms with Crippen molar-refractivity contribution in [3.63, 3.8) is 0 Å². The molecule has 0 aromatic carbocycles. The van der Waals surface area contributed by atoms with E-state index in [-0.39, 0.29) is 5.60 Å². The number of hydrogen-bond acceptors (Lipinski definition) is 2. The van der Waals surface area contributed by atoms with Crippen LogP contribution in [0.5, 0.6) is 0 Å². The van der Waals surface area contributed by atoms with Crippen molar-refractivity contribution in [2.24, 2.45) is 0 Å². The Balaban J connectivity index is 2.51. The average Bonchev–Trinajstić information content (AvgIpc) is 2.35. The van der Waals surface area contributed by atoms with Crippen LogP contribution in [0.1, 0.15) is 64.7 Å². The average molecular weight is 227 g/mol. The number of nitrogens with one attached hydrogen (secondary N) is 1. The standard InChI is InChI=1S/C14H29NO/c1-4-5-7-10-13(15-2)14(16-3)11-8-6-9-12-14/h13,15H,4-12H2,1-3H3. The van der Waals surface area contributed by atoms with E-state index in [1.165, 1.54) is 57.8 Å². The first kappa shape index (κ1) is 14.0. The number of ether oxygens (including phenoxy) is 1. The highest BCUT2D eigenvalue weighted by Crippen LogP contribution is 2.35. The number of likely N-dealkylation sites (N-methyl/N-ethyl adjacent to an activating group) is 1. The van der Waals surface area contributed by atoms with Gasteiger partial charge in [0.15, 0.2) is 0 Å². The van der Waals surface area contributed by atoms with Gasteiger partial charge in [0.25, 0.3) is 0 Å². The first-order valence-electron chi connectivity index (χ1n) is 7.01. The van der Waals surface area contributed by atoms with Gasteiger partial charge in [-0.25, -0.2) is 0 Å². The second-order valence-corrected chi connectivity index (χ2v) is 5.17. The number of hydrogen-bond donors (Lipinski definition) is 1. The van der Waals surface area contributed by atoms with Crippen LogP contribution in [0.2, 0.25) is 0 Å². The van der Waals surface area contributed by atoms with Gasteiger partial charge in [-0.15, -0.1) is 0 Å². The third-order valence-electron chi connectivity index (χ3n) is 4.19. The van der Waals surface area contributed by atoms with E-state index in [1.54, 1.807) is 0 Å². The highest BCUT2D eigenvalue weighted by atomic mass is 16.5. The zero-order chi connectivity index (χ0) is 11.9. The van der Waals surface area contributed by atoms with Crippen LogP contribution in [0.3, 0.4) is 0 Å². The van der Waals surface area contributed by atoms with E-state index in [0.717, 1.165) is 0 Å². The third kappa shape index (κ3) is 3.46. The molecule has 16 heavy (non-hydrogen) atoms. The van der Waals surface area contributed by atoms with Gasteiger partial charge in [0.05, 0.1) is 5.60 Å². The normalized spacial score (nSPS) is 21.9. The van der Waals surface area contributed by atoms with Crippen LogP contribution in [0.4, 0.5) is 0 Å². The maximum absolute atomic E-state index is 5.90. The van der Waals surface area contributed by atoms with Crippen molar-refractivity contribution in [2.75, 3.05) is 14.2 Å². The van der Waals surface area contributed by atoms with E-state index >= 15 is 0 Å². The molecule has 0 saturated heterocycles. The van der Waals surface area contributed by atoms with Gasteiger partial charge in [-0.2, -0.15) is 0 Å². The molecule has 0 aliphatic heterocycles. The molecule has 0 heterocycles. The van der Waals surface area contributed by atoms with Gasteiger partial charge in [0, 0.05) is 13.2 Å². The molecule has 1 unspecified atom stereocenters. The lowest BCUT2D eigenvalue weighted by atomic mass is 9.77. The second-order valence-electron chi connectivity index (χ2n) is 5.17. The van der Waals surface area contributed by atoms with Crippen LogP contribution < -0.4 is 5.32 Å². The van der Waals surface area contributed by atoms with Crippen molar-refractivity contribution in [1.29, 1.82) is 0 Å². The molecule has 96 valence electrons. The summed E-state index contributed by atoms with van der Waals surface area (Å²) in [5, 5.41) is 3.50. The van der Waals surface area contributed by atoms with Crippen molar-refractivity contribution < 1.29 is 4.74 Å². The lowest BCUT2D eigenvalue weighted by Gasteiger charge is -2.42. The van der Waals surface area contributed by atoms with Crippen molar-refractivity contribution >= 4 is 0 Å². The molecule has 2 nitrogen and oxygen atoms in total. The van der Waals surface area contributed by atoms with Crippen LogP contribution in [-0.4, -0.2) is 25.8 Å². The molecule has 1 rings (SSSR count). The molecule has 0 radical (unpaired) electrons. The van der Waals surface area contributed by atoms with Crippen LogP contribution in [0.15, 0.2) is 0 Å². The Bertz CT molecular complexity index is 176. The molecule has 1 saturated carbocycles. The zero-order valence-corrected chi connectivity index (χ0v) is 11.3. The summed E-state index contributed by atoms with van der Waals surface area (Å²) in [6.07, 6.45) is 11.8. The Morgan fingerprint density at radius 2 is 1.88 bits per heavy atom.